The van der Waals surface area contributed by atoms with Crippen LogP contribution in [0.15, 0.2) is 191 Å². The van der Waals surface area contributed by atoms with Crippen LogP contribution < -0.4 is 4.74 Å². The molecule has 0 spiro atoms. The van der Waals surface area contributed by atoms with Crippen molar-refractivity contribution in [3.63, 3.8) is 0 Å². The van der Waals surface area contributed by atoms with Crippen LogP contribution >= 0.6 is 0 Å². The smallest absolute Gasteiger partial charge is 0.167 e. The molecule has 1 N–H and O–H groups in total. The summed E-state index contributed by atoms with van der Waals surface area (Å²) in [4.78, 5) is 14.9. The van der Waals surface area contributed by atoms with Gasteiger partial charge in [0.15, 0.2) is 11.9 Å². The number of fused-ring (bicyclic) bond motifs is 4. The summed E-state index contributed by atoms with van der Waals surface area (Å²) in [7, 11) is 0. The second-order valence-corrected chi connectivity index (χ2v) is 13.9. The van der Waals surface area contributed by atoms with Gasteiger partial charge in [-0.2, -0.15) is 0 Å². The predicted octanol–water partition coefficient (Wildman–Crippen LogP) is 12.0. The number of hydrogen-bond acceptors (Lipinski definition) is 6. The number of hydrogen-bond donors (Lipinski definition) is 1. The summed E-state index contributed by atoms with van der Waals surface area (Å²) in [5.74, 6) is 1.44. The van der Waals surface area contributed by atoms with Gasteiger partial charge >= 0.3 is 0 Å². The monoisotopic (exact) mass is 722 g/mol. The van der Waals surface area contributed by atoms with E-state index in [-0.39, 0.29) is 6.04 Å². The van der Waals surface area contributed by atoms with Crippen molar-refractivity contribution in [1.82, 2.24) is 9.97 Å². The van der Waals surface area contributed by atoms with E-state index in [1.54, 1.807) is 0 Å². The molecule has 0 fully saturated rings. The lowest BCUT2D eigenvalue weighted by Gasteiger charge is -2.17. The lowest BCUT2D eigenvalue weighted by atomic mass is 9.95. The van der Waals surface area contributed by atoms with Crippen molar-refractivity contribution in [2.75, 3.05) is 0 Å². The van der Waals surface area contributed by atoms with Crippen molar-refractivity contribution in [2.45, 2.75) is 12.1 Å². The topological polar surface area (TPSA) is 84.4 Å². The molecule has 266 valence electrons. The van der Waals surface area contributed by atoms with Gasteiger partial charge in [-0.1, -0.05) is 152 Å². The fourth-order valence-corrected chi connectivity index (χ4v) is 7.56. The Morgan fingerprint density at radius 3 is 1.96 bits per heavy atom. The van der Waals surface area contributed by atoms with Crippen LogP contribution in [0.2, 0.25) is 0 Å². The van der Waals surface area contributed by atoms with Gasteiger partial charge in [-0.05, 0) is 47.0 Å². The van der Waals surface area contributed by atoms with Crippen LogP contribution in [0.1, 0.15) is 22.7 Å². The Labute approximate surface area is 324 Å². The minimum absolute atomic E-state index is 0.350. The van der Waals surface area contributed by atoms with Crippen LogP contribution in [0.5, 0.6) is 5.75 Å². The highest BCUT2D eigenvalue weighted by atomic mass is 16.5. The summed E-state index contributed by atoms with van der Waals surface area (Å²) in [5.41, 5.74) is 11.4. The van der Waals surface area contributed by atoms with Gasteiger partial charge in [0.05, 0.1) is 17.1 Å². The minimum Gasteiger partial charge on any atom is -0.481 e. The van der Waals surface area contributed by atoms with Crippen molar-refractivity contribution >= 4 is 33.9 Å². The number of rotatable bonds is 8. The first kappa shape index (κ1) is 33.2. The first-order valence-corrected chi connectivity index (χ1v) is 18.6. The molecule has 0 aliphatic carbocycles. The Kier molecular flexibility index (Phi) is 8.34. The zero-order valence-electron chi connectivity index (χ0n) is 30.2. The molecule has 7 aromatic carbocycles. The van der Waals surface area contributed by atoms with Gasteiger partial charge < -0.3 is 14.6 Å². The summed E-state index contributed by atoms with van der Waals surface area (Å²) in [6.45, 7) is 0. The molecule has 6 nitrogen and oxygen atoms in total. The van der Waals surface area contributed by atoms with E-state index in [1.165, 1.54) is 0 Å². The fourth-order valence-electron chi connectivity index (χ4n) is 7.56. The Balaban J connectivity index is 0.979. The standard InChI is InChI=1S/C50H34N4O2/c51-47(49-48(40-19-10-11-21-43(40)56-49)52-31-32-13-4-1-5-14-32)37-27-28-39-45(29-37)55-44-22-12-20-38(46(39)44)33-23-25-35(26-24-33)42-30-41(34-15-6-2-7-16-34)53-50(54-42)36-17-8-3-9-18-36/h1-31,48-49,51H/b51-47?,52-31+. The second-order valence-electron chi connectivity index (χ2n) is 13.9. The SMILES string of the molecule is N=C(c1ccc2c(c1)oc1cccc(-c3ccc(-c4cc(-c5ccccc5)nc(-c5ccccc5)n4)cc3)c12)C1Oc2ccccc2C1/N=C/c1ccccc1. The first-order chi connectivity index (χ1) is 27.7. The van der Waals surface area contributed by atoms with E-state index >= 15 is 0 Å². The summed E-state index contributed by atoms with van der Waals surface area (Å²) in [5, 5.41) is 11.4. The van der Waals surface area contributed by atoms with Crippen molar-refractivity contribution in [1.29, 1.82) is 5.41 Å². The average molecular weight is 723 g/mol. The van der Waals surface area contributed by atoms with Crippen LogP contribution in [-0.2, 0) is 0 Å². The largest absolute Gasteiger partial charge is 0.481 e. The van der Waals surface area contributed by atoms with Crippen molar-refractivity contribution in [2.24, 2.45) is 4.99 Å². The van der Waals surface area contributed by atoms with Gasteiger partial charge in [0, 0.05) is 44.8 Å². The third-order valence-electron chi connectivity index (χ3n) is 10.4. The number of aliphatic imine (C=N–C) groups is 1. The van der Waals surface area contributed by atoms with Gasteiger partial charge in [0.2, 0.25) is 0 Å². The molecule has 56 heavy (non-hydrogen) atoms. The Morgan fingerprint density at radius 2 is 1.21 bits per heavy atom. The number of para-hydroxylation sites is 1. The maximum Gasteiger partial charge on any atom is 0.167 e. The molecule has 0 saturated heterocycles. The molecule has 1 aliphatic heterocycles. The van der Waals surface area contributed by atoms with Gasteiger partial charge in [-0.15, -0.1) is 0 Å². The van der Waals surface area contributed by atoms with Crippen LogP contribution in [0, 0.1) is 5.41 Å². The molecule has 10 rings (SSSR count). The highest BCUT2D eigenvalue weighted by Gasteiger charge is 2.37. The molecule has 0 bridgehead atoms. The van der Waals surface area contributed by atoms with Gasteiger partial charge in [-0.3, -0.25) is 4.99 Å². The maximum atomic E-state index is 9.37. The van der Waals surface area contributed by atoms with Crippen molar-refractivity contribution in [3.8, 4) is 50.8 Å². The third-order valence-corrected chi connectivity index (χ3v) is 10.4. The normalized spacial score (nSPS) is 14.9. The van der Waals surface area contributed by atoms with E-state index < -0.39 is 6.10 Å². The lowest BCUT2D eigenvalue weighted by Crippen LogP contribution is -2.28. The Morgan fingerprint density at radius 1 is 0.571 bits per heavy atom. The van der Waals surface area contributed by atoms with Gasteiger partial charge in [-0.25, -0.2) is 9.97 Å². The maximum absolute atomic E-state index is 9.37. The molecule has 0 saturated carbocycles. The van der Waals surface area contributed by atoms with E-state index in [0.717, 1.165) is 78.0 Å². The molecule has 2 atom stereocenters. The van der Waals surface area contributed by atoms with Crippen LogP contribution in [0.3, 0.4) is 0 Å². The number of ether oxygens (including phenoxy) is 1. The van der Waals surface area contributed by atoms with Gasteiger partial charge in [0.1, 0.15) is 23.0 Å². The molecule has 0 amide bonds. The quantitative estimate of drug-likeness (QED) is 0.158. The lowest BCUT2D eigenvalue weighted by molar-refractivity contribution is 0.276. The summed E-state index contributed by atoms with van der Waals surface area (Å²) >= 11 is 0. The van der Waals surface area contributed by atoms with E-state index in [0.29, 0.717) is 17.1 Å². The summed E-state index contributed by atoms with van der Waals surface area (Å²) in [6, 6.07) is 60.7. The molecular formula is C50H34N4O2. The molecule has 6 heteroatoms. The summed E-state index contributed by atoms with van der Waals surface area (Å²) < 4.78 is 12.9. The van der Waals surface area contributed by atoms with Crippen LogP contribution in [0.25, 0.3) is 67.0 Å². The third kappa shape index (κ3) is 6.13. The van der Waals surface area contributed by atoms with Crippen LogP contribution in [-0.4, -0.2) is 28.0 Å². The minimum atomic E-state index is -0.578. The zero-order chi connectivity index (χ0) is 37.4. The molecule has 9 aromatic rings. The van der Waals surface area contributed by atoms with E-state index in [2.05, 4.69) is 54.6 Å². The van der Waals surface area contributed by atoms with E-state index in [9.17, 15) is 5.41 Å². The number of benzene rings is 7. The Bertz CT molecular complexity index is 2850. The molecule has 2 aromatic heterocycles. The Hall–Kier alpha value is -7.44. The highest BCUT2D eigenvalue weighted by Crippen LogP contribution is 2.42. The molecule has 0 radical (unpaired) electrons. The first-order valence-electron chi connectivity index (χ1n) is 18.6. The average Bonchev–Trinajstić information content (AvgIpc) is 3.84. The second kappa shape index (κ2) is 14.1. The number of furan rings is 1. The summed E-state index contributed by atoms with van der Waals surface area (Å²) in [6.07, 6.45) is 1.29. The van der Waals surface area contributed by atoms with Gasteiger partial charge in [0.25, 0.3) is 0 Å². The molecule has 1 aliphatic rings. The number of nitrogens with zero attached hydrogens (tertiary/aromatic N) is 3. The molecular weight excluding hydrogens is 689 g/mol. The van der Waals surface area contributed by atoms with Crippen molar-refractivity contribution < 1.29 is 9.15 Å². The number of nitrogens with one attached hydrogen (secondary N) is 1. The zero-order valence-corrected chi connectivity index (χ0v) is 30.2. The fraction of sp³-hybridized carbons (Fsp3) is 0.0400. The molecule has 2 unspecified atom stereocenters. The highest BCUT2D eigenvalue weighted by molar-refractivity contribution is 6.14. The van der Waals surface area contributed by atoms with E-state index in [4.69, 9.17) is 24.1 Å². The molecule has 3 heterocycles. The van der Waals surface area contributed by atoms with Crippen LogP contribution in [0.4, 0.5) is 0 Å². The van der Waals surface area contributed by atoms with Crippen molar-refractivity contribution in [3.05, 3.63) is 199 Å². The number of aromatic nitrogens is 2. The van der Waals surface area contributed by atoms with E-state index in [1.807, 2.05) is 134 Å². The predicted molar refractivity (Wildman–Crippen MR) is 226 cm³/mol.